The number of nitrogens with one attached hydrogen (secondary N) is 2. The summed E-state index contributed by atoms with van der Waals surface area (Å²) >= 11 is 0. The molecule has 0 atom stereocenters. The van der Waals surface area contributed by atoms with E-state index in [0.29, 0.717) is 54.5 Å². The summed E-state index contributed by atoms with van der Waals surface area (Å²) in [7, 11) is 0. The summed E-state index contributed by atoms with van der Waals surface area (Å²) in [5.41, 5.74) is 0.343. The largest absolute Gasteiger partial charge is 0.492 e. The van der Waals surface area contributed by atoms with Gasteiger partial charge in [0.05, 0.1) is 30.7 Å². The van der Waals surface area contributed by atoms with Gasteiger partial charge in [0.2, 0.25) is 5.91 Å². The van der Waals surface area contributed by atoms with Crippen molar-refractivity contribution in [3.63, 3.8) is 0 Å². The van der Waals surface area contributed by atoms with Gasteiger partial charge in [-0.05, 0) is 38.8 Å². The number of carbonyl (C=O) groups excluding carboxylic acids is 2. The fourth-order valence-corrected chi connectivity index (χ4v) is 3.70. The molecule has 1 fully saturated rings. The summed E-state index contributed by atoms with van der Waals surface area (Å²) in [6.45, 7) is 4.41. The SMILES string of the molecule is CCOc1cc(NC(=O)C2(C#N)CCCC2)c(OCC)cc1NC(=O)c1ccccc1. The van der Waals surface area contributed by atoms with E-state index in [1.165, 1.54) is 0 Å². The third kappa shape index (κ3) is 4.97. The predicted octanol–water partition coefficient (Wildman–Crippen LogP) is 4.76. The highest BCUT2D eigenvalue weighted by Crippen LogP contribution is 2.41. The number of ether oxygens (including phenoxy) is 2. The Hall–Kier alpha value is -3.53. The minimum Gasteiger partial charge on any atom is -0.492 e. The molecule has 7 heteroatoms. The van der Waals surface area contributed by atoms with Crippen molar-refractivity contribution in [2.24, 2.45) is 5.41 Å². The molecule has 2 aromatic rings. The fourth-order valence-electron chi connectivity index (χ4n) is 3.70. The van der Waals surface area contributed by atoms with Crippen molar-refractivity contribution in [3.8, 4) is 17.6 Å². The average molecular weight is 421 g/mol. The second-order valence-corrected chi connectivity index (χ2v) is 7.39. The van der Waals surface area contributed by atoms with Crippen molar-refractivity contribution in [2.75, 3.05) is 23.8 Å². The van der Waals surface area contributed by atoms with Gasteiger partial charge in [-0.1, -0.05) is 31.0 Å². The molecule has 1 saturated carbocycles. The van der Waals surface area contributed by atoms with Gasteiger partial charge < -0.3 is 20.1 Å². The number of benzene rings is 2. The van der Waals surface area contributed by atoms with E-state index in [0.717, 1.165) is 12.8 Å². The molecule has 0 saturated heterocycles. The van der Waals surface area contributed by atoms with Gasteiger partial charge in [0.25, 0.3) is 5.91 Å². The molecule has 3 rings (SSSR count). The van der Waals surface area contributed by atoms with Crippen molar-refractivity contribution in [3.05, 3.63) is 48.0 Å². The molecule has 0 heterocycles. The maximum Gasteiger partial charge on any atom is 0.255 e. The Labute approximate surface area is 182 Å². The van der Waals surface area contributed by atoms with E-state index in [2.05, 4.69) is 16.7 Å². The van der Waals surface area contributed by atoms with Crippen LogP contribution >= 0.6 is 0 Å². The van der Waals surface area contributed by atoms with Crippen LogP contribution in [0.15, 0.2) is 42.5 Å². The van der Waals surface area contributed by atoms with Gasteiger partial charge in [-0.3, -0.25) is 9.59 Å². The molecule has 0 aliphatic heterocycles. The first-order valence-electron chi connectivity index (χ1n) is 10.6. The number of anilines is 2. The predicted molar refractivity (Wildman–Crippen MR) is 118 cm³/mol. The van der Waals surface area contributed by atoms with Crippen LogP contribution in [0.4, 0.5) is 11.4 Å². The van der Waals surface area contributed by atoms with Gasteiger partial charge in [0.1, 0.15) is 16.9 Å². The fraction of sp³-hybridized carbons (Fsp3) is 0.375. The van der Waals surface area contributed by atoms with Gasteiger partial charge in [-0.25, -0.2) is 0 Å². The standard InChI is InChI=1S/C24H27N3O4/c1-3-30-20-15-19(27-23(29)24(16-25)12-8-9-13-24)21(31-4-2)14-18(20)26-22(28)17-10-6-5-7-11-17/h5-7,10-11,14-15H,3-4,8-9,12-13H2,1-2H3,(H,26,28)(H,27,29). The lowest BCUT2D eigenvalue weighted by Crippen LogP contribution is -2.32. The van der Waals surface area contributed by atoms with E-state index in [1.54, 1.807) is 36.4 Å². The Kier molecular flexibility index (Phi) is 7.14. The molecule has 7 nitrogen and oxygen atoms in total. The lowest BCUT2D eigenvalue weighted by Gasteiger charge is -2.22. The molecular formula is C24H27N3O4. The molecule has 1 aliphatic rings. The highest BCUT2D eigenvalue weighted by atomic mass is 16.5. The van der Waals surface area contributed by atoms with Gasteiger partial charge in [-0.2, -0.15) is 5.26 Å². The Morgan fingerprint density at radius 2 is 1.52 bits per heavy atom. The second-order valence-electron chi connectivity index (χ2n) is 7.39. The normalized spacial score (nSPS) is 14.4. The third-order valence-corrected chi connectivity index (χ3v) is 5.32. The smallest absolute Gasteiger partial charge is 0.255 e. The molecule has 2 amide bonds. The number of hydrogen-bond donors (Lipinski definition) is 2. The molecule has 2 N–H and O–H groups in total. The van der Waals surface area contributed by atoms with E-state index in [1.807, 2.05) is 19.9 Å². The van der Waals surface area contributed by atoms with Crippen molar-refractivity contribution in [2.45, 2.75) is 39.5 Å². The number of carbonyl (C=O) groups is 2. The number of amides is 2. The molecule has 1 aliphatic carbocycles. The number of nitrogens with zero attached hydrogens (tertiary/aromatic N) is 1. The summed E-state index contributed by atoms with van der Waals surface area (Å²) < 4.78 is 11.4. The van der Waals surface area contributed by atoms with Crippen LogP contribution in [0.1, 0.15) is 49.9 Å². The first-order chi connectivity index (χ1) is 15.0. The van der Waals surface area contributed by atoms with Crippen molar-refractivity contribution in [1.29, 1.82) is 5.26 Å². The maximum atomic E-state index is 12.9. The zero-order valence-electron chi connectivity index (χ0n) is 17.9. The van der Waals surface area contributed by atoms with Gasteiger partial charge in [-0.15, -0.1) is 0 Å². The van der Waals surface area contributed by atoms with Gasteiger partial charge >= 0.3 is 0 Å². The topological polar surface area (TPSA) is 100 Å². The van der Waals surface area contributed by atoms with Crippen LogP contribution in [0.3, 0.4) is 0 Å². The molecule has 0 bridgehead atoms. The minimum atomic E-state index is -1.02. The average Bonchev–Trinajstić information content (AvgIpc) is 3.28. The molecule has 0 aromatic heterocycles. The van der Waals surface area contributed by atoms with E-state index >= 15 is 0 Å². The highest BCUT2D eigenvalue weighted by molar-refractivity contribution is 6.06. The van der Waals surface area contributed by atoms with Crippen molar-refractivity contribution >= 4 is 23.2 Å². The summed E-state index contributed by atoms with van der Waals surface area (Å²) in [6.07, 6.45) is 2.80. The highest BCUT2D eigenvalue weighted by Gasteiger charge is 2.41. The van der Waals surface area contributed by atoms with Crippen LogP contribution in [0.25, 0.3) is 0 Å². The number of hydrogen-bond acceptors (Lipinski definition) is 5. The molecular weight excluding hydrogens is 394 g/mol. The van der Waals surface area contributed by atoms with Crippen molar-refractivity contribution < 1.29 is 19.1 Å². The zero-order chi connectivity index (χ0) is 22.3. The second kappa shape index (κ2) is 9.98. The Balaban J connectivity index is 1.93. The molecule has 0 radical (unpaired) electrons. The summed E-state index contributed by atoms with van der Waals surface area (Å²) in [6, 6.07) is 14.3. The van der Waals surface area contributed by atoms with Crippen LogP contribution < -0.4 is 20.1 Å². The summed E-state index contributed by atoms with van der Waals surface area (Å²) in [4.78, 5) is 25.6. The quantitative estimate of drug-likeness (QED) is 0.640. The van der Waals surface area contributed by atoms with E-state index in [-0.39, 0.29) is 11.8 Å². The third-order valence-electron chi connectivity index (χ3n) is 5.32. The Morgan fingerprint density at radius 1 is 0.968 bits per heavy atom. The number of rotatable bonds is 8. The minimum absolute atomic E-state index is 0.282. The summed E-state index contributed by atoms with van der Waals surface area (Å²) in [5.74, 6) is 0.184. The van der Waals surface area contributed by atoms with Crippen LogP contribution in [0.5, 0.6) is 11.5 Å². The molecule has 2 aromatic carbocycles. The lowest BCUT2D eigenvalue weighted by molar-refractivity contribution is -0.122. The van der Waals surface area contributed by atoms with Crippen LogP contribution in [0.2, 0.25) is 0 Å². The van der Waals surface area contributed by atoms with Gasteiger partial charge in [0, 0.05) is 17.7 Å². The Morgan fingerprint density at radius 3 is 2.03 bits per heavy atom. The molecule has 0 spiro atoms. The van der Waals surface area contributed by atoms with Gasteiger partial charge in [0.15, 0.2) is 0 Å². The molecule has 0 unspecified atom stereocenters. The van der Waals surface area contributed by atoms with E-state index in [4.69, 9.17) is 9.47 Å². The monoisotopic (exact) mass is 421 g/mol. The van der Waals surface area contributed by atoms with Crippen LogP contribution in [-0.2, 0) is 4.79 Å². The summed E-state index contributed by atoms with van der Waals surface area (Å²) in [5, 5.41) is 15.3. The first kappa shape index (κ1) is 22.2. The molecule has 162 valence electrons. The van der Waals surface area contributed by atoms with Crippen molar-refractivity contribution in [1.82, 2.24) is 0 Å². The van der Waals surface area contributed by atoms with E-state index in [9.17, 15) is 14.9 Å². The Bertz CT molecular complexity index is 976. The lowest BCUT2D eigenvalue weighted by atomic mass is 9.87. The van der Waals surface area contributed by atoms with Crippen LogP contribution in [0, 0.1) is 16.7 Å². The molecule has 31 heavy (non-hydrogen) atoms. The zero-order valence-corrected chi connectivity index (χ0v) is 17.9. The maximum absolute atomic E-state index is 12.9. The number of nitriles is 1. The van der Waals surface area contributed by atoms with E-state index < -0.39 is 5.41 Å². The first-order valence-corrected chi connectivity index (χ1v) is 10.6. The van der Waals surface area contributed by atoms with Crippen LogP contribution in [-0.4, -0.2) is 25.0 Å².